The highest BCUT2D eigenvalue weighted by Crippen LogP contribution is 2.35. The van der Waals surface area contributed by atoms with E-state index in [0.29, 0.717) is 36.1 Å². The third kappa shape index (κ3) is 3.54. The molecule has 142 valence electrons. The SMILES string of the molecule is CN(C)CC(=O)N1C[C@H]2C[C@H](C1)c1ccc(-c3ccc(Cl)cc3)c(=O)n1C2. The topological polar surface area (TPSA) is 45.6 Å². The number of amides is 1. The number of hydrogen-bond donors (Lipinski definition) is 0. The molecule has 2 bridgehead atoms. The van der Waals surface area contributed by atoms with Gasteiger partial charge >= 0.3 is 0 Å². The Hall–Kier alpha value is -2.11. The van der Waals surface area contributed by atoms with Crippen LogP contribution in [0.1, 0.15) is 18.0 Å². The first-order valence-electron chi connectivity index (χ1n) is 9.34. The number of carbonyl (C=O) groups is 1. The van der Waals surface area contributed by atoms with Crippen molar-refractivity contribution in [1.82, 2.24) is 14.4 Å². The molecule has 2 atom stereocenters. The van der Waals surface area contributed by atoms with Crippen molar-refractivity contribution in [1.29, 1.82) is 0 Å². The number of nitrogens with zero attached hydrogens (tertiary/aromatic N) is 3. The van der Waals surface area contributed by atoms with Gasteiger partial charge in [0.1, 0.15) is 0 Å². The van der Waals surface area contributed by atoms with Gasteiger partial charge in [0.05, 0.1) is 6.54 Å². The second-order valence-corrected chi connectivity index (χ2v) is 8.37. The van der Waals surface area contributed by atoms with E-state index in [4.69, 9.17) is 11.6 Å². The highest BCUT2D eigenvalue weighted by atomic mass is 35.5. The standard InChI is InChI=1S/C21H24ClN3O2/c1-23(2)13-20(26)24-10-14-9-16(12-24)19-8-7-18(21(27)25(19)11-14)15-3-5-17(22)6-4-15/h3-8,14,16H,9-13H2,1-2H3/t14-,16-/m1/s1. The lowest BCUT2D eigenvalue weighted by molar-refractivity contribution is -0.134. The molecular formula is C21H24ClN3O2. The molecule has 2 aliphatic rings. The molecule has 3 heterocycles. The molecule has 1 aromatic heterocycles. The van der Waals surface area contributed by atoms with Crippen LogP contribution in [0.5, 0.6) is 0 Å². The van der Waals surface area contributed by atoms with Crippen LogP contribution in [0, 0.1) is 5.92 Å². The molecule has 1 fully saturated rings. The van der Waals surface area contributed by atoms with Crippen LogP contribution in [0.3, 0.4) is 0 Å². The highest BCUT2D eigenvalue weighted by molar-refractivity contribution is 6.30. The van der Waals surface area contributed by atoms with E-state index in [9.17, 15) is 9.59 Å². The summed E-state index contributed by atoms with van der Waals surface area (Å²) in [5.74, 6) is 0.736. The van der Waals surface area contributed by atoms with Crippen LogP contribution in [0.2, 0.25) is 5.02 Å². The molecule has 1 saturated heterocycles. The van der Waals surface area contributed by atoms with Crippen LogP contribution < -0.4 is 5.56 Å². The van der Waals surface area contributed by atoms with Crippen molar-refractivity contribution < 1.29 is 4.79 Å². The maximum atomic E-state index is 13.1. The predicted octanol–water partition coefficient (Wildman–Crippen LogP) is 2.68. The molecule has 0 aliphatic carbocycles. The minimum Gasteiger partial charge on any atom is -0.341 e. The van der Waals surface area contributed by atoms with Gasteiger partial charge in [-0.05, 0) is 56.3 Å². The summed E-state index contributed by atoms with van der Waals surface area (Å²) in [6.07, 6.45) is 1.05. The van der Waals surface area contributed by atoms with Crippen molar-refractivity contribution in [2.24, 2.45) is 5.92 Å². The number of benzene rings is 1. The quantitative estimate of drug-likeness (QED) is 0.816. The number of fused-ring (bicyclic) bond motifs is 4. The Morgan fingerprint density at radius 2 is 1.85 bits per heavy atom. The van der Waals surface area contributed by atoms with E-state index in [2.05, 4.69) is 6.07 Å². The number of pyridine rings is 1. The van der Waals surface area contributed by atoms with E-state index >= 15 is 0 Å². The summed E-state index contributed by atoms with van der Waals surface area (Å²) in [4.78, 5) is 29.5. The first-order valence-corrected chi connectivity index (χ1v) is 9.72. The predicted molar refractivity (Wildman–Crippen MR) is 107 cm³/mol. The number of aromatic nitrogens is 1. The maximum Gasteiger partial charge on any atom is 0.258 e. The van der Waals surface area contributed by atoms with E-state index in [-0.39, 0.29) is 17.4 Å². The molecule has 4 rings (SSSR count). The van der Waals surface area contributed by atoms with Gasteiger partial charge in [-0.25, -0.2) is 0 Å². The minimum atomic E-state index is 0.0533. The third-order valence-electron chi connectivity index (χ3n) is 5.56. The number of rotatable bonds is 3. The summed E-state index contributed by atoms with van der Waals surface area (Å²) >= 11 is 5.97. The van der Waals surface area contributed by atoms with Crippen molar-refractivity contribution in [2.75, 3.05) is 33.7 Å². The number of piperidine rings is 1. The lowest BCUT2D eigenvalue weighted by atomic mass is 9.82. The fourth-order valence-electron chi connectivity index (χ4n) is 4.37. The summed E-state index contributed by atoms with van der Waals surface area (Å²) in [5.41, 5.74) is 2.70. The second kappa shape index (κ2) is 7.13. The number of carbonyl (C=O) groups excluding carboxylic acids is 1. The Morgan fingerprint density at radius 3 is 2.56 bits per heavy atom. The Morgan fingerprint density at radius 1 is 1.11 bits per heavy atom. The zero-order valence-corrected chi connectivity index (χ0v) is 16.4. The minimum absolute atomic E-state index is 0.0533. The molecule has 1 aromatic carbocycles. The first kappa shape index (κ1) is 18.3. The average Bonchev–Trinajstić information content (AvgIpc) is 2.63. The summed E-state index contributed by atoms with van der Waals surface area (Å²) in [5, 5.41) is 0.661. The zero-order chi connectivity index (χ0) is 19.1. The lowest BCUT2D eigenvalue weighted by Crippen LogP contribution is -2.51. The molecule has 0 saturated carbocycles. The normalized spacial score (nSPS) is 21.3. The molecule has 6 heteroatoms. The Labute approximate surface area is 164 Å². The number of halogens is 1. The molecule has 2 aliphatic heterocycles. The third-order valence-corrected chi connectivity index (χ3v) is 5.82. The number of likely N-dealkylation sites (N-methyl/N-ethyl adjacent to an activating group) is 1. The van der Waals surface area contributed by atoms with Crippen molar-refractivity contribution in [3.05, 3.63) is 57.5 Å². The monoisotopic (exact) mass is 385 g/mol. The molecular weight excluding hydrogens is 362 g/mol. The van der Waals surface area contributed by atoms with Crippen LogP contribution in [0.4, 0.5) is 0 Å². The van der Waals surface area contributed by atoms with Gasteiger partial charge in [-0.1, -0.05) is 23.7 Å². The largest absolute Gasteiger partial charge is 0.341 e. The van der Waals surface area contributed by atoms with E-state index in [0.717, 1.165) is 24.2 Å². The summed E-state index contributed by atoms with van der Waals surface area (Å²) < 4.78 is 1.93. The van der Waals surface area contributed by atoms with E-state index in [1.807, 2.05) is 58.8 Å². The second-order valence-electron chi connectivity index (χ2n) is 7.93. The highest BCUT2D eigenvalue weighted by Gasteiger charge is 2.36. The molecule has 2 aromatic rings. The smallest absolute Gasteiger partial charge is 0.258 e. The van der Waals surface area contributed by atoms with Gasteiger partial charge in [-0.3, -0.25) is 9.59 Å². The summed E-state index contributed by atoms with van der Waals surface area (Å²) in [6.45, 7) is 2.54. The van der Waals surface area contributed by atoms with Crippen LogP contribution in [-0.2, 0) is 11.3 Å². The van der Waals surface area contributed by atoms with Crippen LogP contribution in [0.15, 0.2) is 41.2 Å². The Bertz CT molecular complexity index is 920. The van der Waals surface area contributed by atoms with E-state index < -0.39 is 0 Å². The molecule has 5 nitrogen and oxygen atoms in total. The van der Waals surface area contributed by atoms with Gasteiger partial charge in [-0.2, -0.15) is 0 Å². The molecule has 0 radical (unpaired) electrons. The van der Waals surface area contributed by atoms with Gasteiger partial charge in [0.2, 0.25) is 5.91 Å². The van der Waals surface area contributed by atoms with Gasteiger partial charge in [0, 0.05) is 41.8 Å². The number of hydrogen-bond acceptors (Lipinski definition) is 3. The molecule has 27 heavy (non-hydrogen) atoms. The van der Waals surface area contributed by atoms with E-state index in [1.54, 1.807) is 0 Å². The van der Waals surface area contributed by atoms with Crippen molar-refractivity contribution >= 4 is 17.5 Å². The molecule has 0 spiro atoms. The zero-order valence-electron chi connectivity index (χ0n) is 15.7. The average molecular weight is 386 g/mol. The van der Waals surface area contributed by atoms with Crippen LogP contribution in [0.25, 0.3) is 11.1 Å². The lowest BCUT2D eigenvalue weighted by Gasteiger charge is -2.43. The van der Waals surface area contributed by atoms with Crippen molar-refractivity contribution in [3.63, 3.8) is 0 Å². The van der Waals surface area contributed by atoms with Gasteiger partial charge < -0.3 is 14.4 Å². The van der Waals surface area contributed by atoms with Crippen LogP contribution >= 0.6 is 11.6 Å². The Balaban J connectivity index is 1.64. The molecule has 1 amide bonds. The first-order chi connectivity index (χ1) is 12.9. The number of likely N-dealkylation sites (tertiary alicyclic amines) is 1. The van der Waals surface area contributed by atoms with Gasteiger partial charge in [-0.15, -0.1) is 0 Å². The van der Waals surface area contributed by atoms with Crippen molar-refractivity contribution in [3.8, 4) is 11.1 Å². The fourth-order valence-corrected chi connectivity index (χ4v) is 4.50. The summed E-state index contributed by atoms with van der Waals surface area (Å²) in [6, 6.07) is 11.4. The van der Waals surface area contributed by atoms with Gasteiger partial charge in [0.25, 0.3) is 5.56 Å². The summed E-state index contributed by atoms with van der Waals surface area (Å²) in [7, 11) is 3.83. The maximum absolute atomic E-state index is 13.1. The fraction of sp³-hybridized carbons (Fsp3) is 0.429. The van der Waals surface area contributed by atoms with Crippen LogP contribution in [-0.4, -0.2) is 54.0 Å². The van der Waals surface area contributed by atoms with Gasteiger partial charge in [0.15, 0.2) is 0 Å². The molecule has 0 unspecified atom stereocenters. The Kier molecular flexibility index (Phi) is 4.82. The van der Waals surface area contributed by atoms with E-state index in [1.165, 1.54) is 0 Å². The van der Waals surface area contributed by atoms with Crippen molar-refractivity contribution in [2.45, 2.75) is 18.9 Å². The molecule has 0 N–H and O–H groups in total.